The number of alkyl halides is 3. The Labute approximate surface area is 164 Å². The van der Waals surface area contributed by atoms with Gasteiger partial charge in [0.05, 0.1) is 18.2 Å². The number of hydrogen-bond donors (Lipinski definition) is 2. The van der Waals surface area contributed by atoms with Crippen LogP contribution in [-0.4, -0.2) is 55.8 Å². The number of hydrogen-bond acceptors (Lipinski definition) is 3. The summed E-state index contributed by atoms with van der Waals surface area (Å²) in [6, 6.07) is 5.72. The quantitative estimate of drug-likeness (QED) is 0.571. The summed E-state index contributed by atoms with van der Waals surface area (Å²) in [6.45, 7) is 6.71. The fraction of sp³-hybridized carbons (Fsp3) is 0.650. The Balaban J connectivity index is 1.48. The Hall–Kier alpha value is -1.80. The van der Waals surface area contributed by atoms with E-state index in [0.29, 0.717) is 13.1 Å². The van der Waals surface area contributed by atoms with Crippen molar-refractivity contribution in [1.82, 2.24) is 15.5 Å². The van der Waals surface area contributed by atoms with E-state index in [-0.39, 0.29) is 12.1 Å². The van der Waals surface area contributed by atoms with Crippen LogP contribution in [0.5, 0.6) is 0 Å². The second-order valence-electron chi connectivity index (χ2n) is 7.41. The van der Waals surface area contributed by atoms with Gasteiger partial charge in [0.1, 0.15) is 0 Å². The molecule has 156 valence electrons. The van der Waals surface area contributed by atoms with Gasteiger partial charge in [-0.25, -0.2) is 0 Å². The molecule has 2 aliphatic heterocycles. The lowest BCUT2D eigenvalue weighted by Gasteiger charge is -2.19. The van der Waals surface area contributed by atoms with E-state index in [2.05, 4.69) is 20.5 Å². The Bertz CT molecular complexity index is 642. The third-order valence-electron chi connectivity index (χ3n) is 5.12. The van der Waals surface area contributed by atoms with Crippen LogP contribution in [0.1, 0.15) is 37.3 Å². The van der Waals surface area contributed by atoms with Crippen molar-refractivity contribution >= 4 is 5.96 Å². The molecule has 5 nitrogen and oxygen atoms in total. The van der Waals surface area contributed by atoms with Crippen LogP contribution in [0.15, 0.2) is 29.3 Å². The van der Waals surface area contributed by atoms with E-state index < -0.39 is 11.7 Å². The molecule has 28 heavy (non-hydrogen) atoms. The van der Waals surface area contributed by atoms with Gasteiger partial charge in [-0.3, -0.25) is 9.89 Å². The largest absolute Gasteiger partial charge is 0.416 e. The number of nitrogens with one attached hydrogen (secondary N) is 2. The first-order valence-corrected chi connectivity index (χ1v) is 9.99. The van der Waals surface area contributed by atoms with E-state index in [0.717, 1.165) is 69.2 Å². The summed E-state index contributed by atoms with van der Waals surface area (Å²) < 4.78 is 43.7. The monoisotopic (exact) mass is 398 g/mol. The van der Waals surface area contributed by atoms with Crippen molar-refractivity contribution in [2.75, 3.05) is 32.8 Å². The average Bonchev–Trinajstić information content (AvgIpc) is 3.32. The molecule has 3 rings (SSSR count). The van der Waals surface area contributed by atoms with Crippen molar-refractivity contribution in [2.24, 2.45) is 4.99 Å². The molecule has 0 aliphatic carbocycles. The van der Waals surface area contributed by atoms with E-state index >= 15 is 0 Å². The van der Waals surface area contributed by atoms with Crippen molar-refractivity contribution in [2.45, 2.75) is 51.1 Å². The van der Waals surface area contributed by atoms with Crippen LogP contribution in [0.25, 0.3) is 0 Å². The van der Waals surface area contributed by atoms with E-state index in [1.807, 2.05) is 6.92 Å². The molecule has 0 radical (unpaired) electrons. The molecule has 0 amide bonds. The van der Waals surface area contributed by atoms with E-state index in [1.165, 1.54) is 0 Å². The fourth-order valence-corrected chi connectivity index (χ4v) is 3.65. The predicted molar refractivity (Wildman–Crippen MR) is 103 cm³/mol. The van der Waals surface area contributed by atoms with Crippen LogP contribution in [0.4, 0.5) is 13.2 Å². The molecule has 0 aromatic heterocycles. The van der Waals surface area contributed by atoms with Crippen LogP contribution in [0.2, 0.25) is 0 Å². The molecule has 2 aliphatic rings. The van der Waals surface area contributed by atoms with E-state index in [9.17, 15) is 13.2 Å². The Morgan fingerprint density at radius 3 is 2.68 bits per heavy atom. The summed E-state index contributed by atoms with van der Waals surface area (Å²) in [4.78, 5) is 6.90. The summed E-state index contributed by atoms with van der Waals surface area (Å²) in [5.74, 6) is 0.805. The zero-order chi connectivity index (χ0) is 20.0. The minimum atomic E-state index is -4.28. The minimum absolute atomic E-state index is 0.218. The van der Waals surface area contributed by atoms with Gasteiger partial charge < -0.3 is 15.4 Å². The zero-order valence-electron chi connectivity index (χ0n) is 16.3. The highest BCUT2D eigenvalue weighted by molar-refractivity contribution is 5.80. The summed E-state index contributed by atoms with van der Waals surface area (Å²) >= 11 is 0. The molecular weight excluding hydrogens is 369 g/mol. The maximum absolute atomic E-state index is 12.7. The molecular formula is C20H29F3N4O. The molecule has 2 heterocycles. The van der Waals surface area contributed by atoms with Crippen LogP contribution in [0.3, 0.4) is 0 Å². The van der Waals surface area contributed by atoms with Crippen molar-refractivity contribution in [1.29, 1.82) is 0 Å². The molecule has 2 N–H and O–H groups in total. The molecule has 1 aromatic rings. The second-order valence-corrected chi connectivity index (χ2v) is 7.41. The number of ether oxygens (including phenoxy) is 1. The summed E-state index contributed by atoms with van der Waals surface area (Å²) in [5.41, 5.74) is 0.294. The predicted octanol–water partition coefficient (Wildman–Crippen LogP) is 3.01. The molecule has 0 bridgehead atoms. The summed E-state index contributed by atoms with van der Waals surface area (Å²) in [7, 11) is 0. The standard InChI is InChI=1S/C20H29F3N4O/c1-2-24-19(25-12-18-4-3-11-28-18)26-17-9-10-27(14-17)13-15-5-7-16(8-6-15)20(21,22)23/h5-8,17-18H,2-4,9-14H2,1H3,(H2,24,25,26). The van der Waals surface area contributed by atoms with Gasteiger partial charge in [-0.2, -0.15) is 13.2 Å². The van der Waals surface area contributed by atoms with Gasteiger partial charge in [-0.15, -0.1) is 0 Å². The normalized spacial score (nSPS) is 23.9. The molecule has 2 fully saturated rings. The highest BCUT2D eigenvalue weighted by Gasteiger charge is 2.30. The van der Waals surface area contributed by atoms with Gasteiger partial charge in [0.25, 0.3) is 0 Å². The fourth-order valence-electron chi connectivity index (χ4n) is 3.65. The number of halogens is 3. The molecule has 0 spiro atoms. The first-order valence-electron chi connectivity index (χ1n) is 9.99. The number of benzene rings is 1. The molecule has 2 saturated heterocycles. The number of rotatable bonds is 6. The minimum Gasteiger partial charge on any atom is -0.376 e. The van der Waals surface area contributed by atoms with Crippen molar-refractivity contribution in [3.8, 4) is 0 Å². The number of nitrogens with zero attached hydrogens (tertiary/aromatic N) is 2. The molecule has 0 saturated carbocycles. The zero-order valence-corrected chi connectivity index (χ0v) is 16.3. The van der Waals surface area contributed by atoms with Gasteiger partial charge >= 0.3 is 6.18 Å². The third-order valence-corrected chi connectivity index (χ3v) is 5.12. The van der Waals surface area contributed by atoms with Gasteiger partial charge in [0.15, 0.2) is 5.96 Å². The van der Waals surface area contributed by atoms with E-state index in [4.69, 9.17) is 4.74 Å². The van der Waals surface area contributed by atoms with Crippen molar-refractivity contribution in [3.05, 3.63) is 35.4 Å². The summed E-state index contributed by atoms with van der Waals surface area (Å²) in [5, 5.41) is 6.76. The van der Waals surface area contributed by atoms with Gasteiger partial charge in [-0.1, -0.05) is 12.1 Å². The van der Waals surface area contributed by atoms with Gasteiger partial charge in [-0.05, 0) is 43.9 Å². The maximum atomic E-state index is 12.7. The van der Waals surface area contributed by atoms with Crippen molar-refractivity contribution < 1.29 is 17.9 Å². The molecule has 8 heteroatoms. The van der Waals surface area contributed by atoms with Crippen molar-refractivity contribution in [3.63, 3.8) is 0 Å². The Morgan fingerprint density at radius 2 is 2.04 bits per heavy atom. The van der Waals surface area contributed by atoms with Crippen LogP contribution in [-0.2, 0) is 17.5 Å². The lowest BCUT2D eigenvalue weighted by molar-refractivity contribution is -0.137. The number of aliphatic imine (C=N–C) groups is 1. The lowest BCUT2D eigenvalue weighted by atomic mass is 10.1. The van der Waals surface area contributed by atoms with Gasteiger partial charge in [0, 0.05) is 38.8 Å². The smallest absolute Gasteiger partial charge is 0.376 e. The summed E-state index contributed by atoms with van der Waals surface area (Å²) in [6.07, 6.45) is -0.924. The second kappa shape index (κ2) is 9.60. The SMILES string of the molecule is CCNC(=NCC1CCCO1)NC1CCN(Cc2ccc(C(F)(F)F)cc2)C1. The first-order chi connectivity index (χ1) is 13.4. The average molecular weight is 398 g/mol. The molecule has 2 atom stereocenters. The van der Waals surface area contributed by atoms with Crippen LogP contribution < -0.4 is 10.6 Å². The third kappa shape index (κ3) is 6.10. The molecule has 2 unspecified atom stereocenters. The van der Waals surface area contributed by atoms with Gasteiger partial charge in [0.2, 0.25) is 0 Å². The highest BCUT2D eigenvalue weighted by atomic mass is 19.4. The lowest BCUT2D eigenvalue weighted by Crippen LogP contribution is -2.44. The molecule has 1 aromatic carbocycles. The van der Waals surface area contributed by atoms with Crippen LogP contribution >= 0.6 is 0 Å². The Kier molecular flexibility index (Phi) is 7.18. The first kappa shape index (κ1) is 20.9. The maximum Gasteiger partial charge on any atom is 0.416 e. The number of likely N-dealkylation sites (tertiary alicyclic amines) is 1. The van der Waals surface area contributed by atoms with E-state index in [1.54, 1.807) is 12.1 Å². The highest BCUT2D eigenvalue weighted by Crippen LogP contribution is 2.29. The van der Waals surface area contributed by atoms with Crippen LogP contribution in [0, 0.1) is 0 Å². The topological polar surface area (TPSA) is 48.9 Å². The Morgan fingerprint density at radius 1 is 1.25 bits per heavy atom. The number of guanidine groups is 1.